The van der Waals surface area contributed by atoms with Gasteiger partial charge in [-0.2, -0.15) is 13.2 Å². The van der Waals surface area contributed by atoms with E-state index in [1.165, 1.54) is 30.3 Å². The number of carboxylic acids is 2. The molecule has 58 heavy (non-hydrogen) atoms. The molecule has 1 saturated heterocycles. The first-order valence-corrected chi connectivity index (χ1v) is 18.8. The topological polar surface area (TPSA) is 169 Å². The van der Waals surface area contributed by atoms with E-state index in [-0.39, 0.29) is 35.2 Å². The van der Waals surface area contributed by atoms with Crippen LogP contribution < -0.4 is 10.7 Å². The van der Waals surface area contributed by atoms with Gasteiger partial charge in [0, 0.05) is 35.4 Å². The molecule has 0 aliphatic carbocycles. The maximum absolute atomic E-state index is 14.5. The van der Waals surface area contributed by atoms with E-state index in [4.69, 9.17) is 20.4 Å². The minimum atomic E-state index is -4.41. The smallest absolute Gasteiger partial charge is 0.416 e. The predicted molar refractivity (Wildman–Crippen MR) is 205 cm³/mol. The van der Waals surface area contributed by atoms with Gasteiger partial charge in [0.25, 0.3) is 0 Å². The van der Waals surface area contributed by atoms with Crippen molar-refractivity contribution in [1.29, 1.82) is 0 Å². The summed E-state index contributed by atoms with van der Waals surface area (Å²) in [4.78, 5) is 48.7. The van der Waals surface area contributed by atoms with Crippen molar-refractivity contribution in [2.45, 2.75) is 61.1 Å². The highest BCUT2D eigenvalue weighted by atomic mass is 32.2. The van der Waals surface area contributed by atoms with Crippen LogP contribution in [0.15, 0.2) is 107 Å². The number of amides is 1. The summed E-state index contributed by atoms with van der Waals surface area (Å²) in [6.07, 6.45) is -7.44. The van der Waals surface area contributed by atoms with Gasteiger partial charge in [-0.3, -0.25) is 9.59 Å². The molecule has 2 atom stereocenters. The number of carbonyl (C=O) groups is 3. The van der Waals surface area contributed by atoms with Crippen molar-refractivity contribution < 1.29 is 56.8 Å². The number of hydrogen-bond acceptors (Lipinski definition) is 8. The number of aliphatic carboxylic acids is 2. The van der Waals surface area contributed by atoms with Gasteiger partial charge in [0.2, 0.25) is 5.91 Å². The van der Waals surface area contributed by atoms with Gasteiger partial charge in [0.05, 0.1) is 16.1 Å². The highest BCUT2D eigenvalue weighted by Gasteiger charge is 2.31. The first-order chi connectivity index (χ1) is 27.5. The van der Waals surface area contributed by atoms with Gasteiger partial charge >= 0.3 is 18.1 Å². The quantitative estimate of drug-likeness (QED) is 0.0753. The summed E-state index contributed by atoms with van der Waals surface area (Å²) in [6.45, 7) is 1.74. The Morgan fingerprint density at radius 2 is 1.41 bits per heavy atom. The van der Waals surface area contributed by atoms with Crippen molar-refractivity contribution in [2.24, 2.45) is 0 Å². The van der Waals surface area contributed by atoms with Gasteiger partial charge in [-0.15, -0.1) is 11.8 Å². The molecule has 0 radical (unpaired) electrons. The van der Waals surface area contributed by atoms with Crippen LogP contribution in [0.3, 0.4) is 0 Å². The first-order valence-electron chi connectivity index (χ1n) is 17.8. The summed E-state index contributed by atoms with van der Waals surface area (Å²) in [7, 11) is 0. The van der Waals surface area contributed by atoms with E-state index >= 15 is 0 Å². The molecule has 2 heterocycles. The molecule has 17 heteroatoms. The summed E-state index contributed by atoms with van der Waals surface area (Å²) in [5, 5.41) is 36.8. The van der Waals surface area contributed by atoms with Crippen LogP contribution in [-0.2, 0) is 39.4 Å². The average molecular weight is 828 g/mol. The molecule has 5 N–H and O–H groups in total. The standard InChI is InChI=1S/C37H32F5N3O2S.C4H6O6/c38-31-6-3-4-27(36(31)39)23-48-35-20-33(46)30-5-1-2-7-32(30)45(35)22-34(47)44(29-16-18-43-19-17-29)21-24-8-10-25(11-9-24)26-12-14-28(15-13-26)37(40,41)42;5-1(3(7)8)2(6)4(9)10/h1-15,20,29,43H,16-19,21-23H2;1-2,5-6H,(H,7,8)(H,9,10). The number of aliphatic hydroxyl groups is 2. The van der Waals surface area contributed by atoms with Crippen molar-refractivity contribution in [3.8, 4) is 11.1 Å². The molecule has 4 aromatic carbocycles. The second kappa shape index (κ2) is 19.2. The SMILES string of the molecule is O=C(Cn1c(SCc2cccc(F)c2F)cc(=O)c2ccccc21)N(Cc1ccc(-c2ccc(C(F)(F)F)cc2)cc1)C1CCNCC1.O=C(O)C(O)C(O)C(=O)O. The highest BCUT2D eigenvalue weighted by molar-refractivity contribution is 7.98. The van der Waals surface area contributed by atoms with Gasteiger partial charge in [-0.05, 0) is 73.0 Å². The number of halogens is 5. The van der Waals surface area contributed by atoms with Crippen LogP contribution in [-0.4, -0.2) is 79.1 Å². The lowest BCUT2D eigenvalue weighted by Crippen LogP contribution is -2.47. The molecule has 11 nitrogen and oxygen atoms in total. The summed E-state index contributed by atoms with van der Waals surface area (Å²) in [5.41, 5.74) is 2.02. The van der Waals surface area contributed by atoms with Crippen molar-refractivity contribution in [3.05, 3.63) is 136 Å². The third-order valence-corrected chi connectivity index (χ3v) is 10.5. The third-order valence-electron chi connectivity index (χ3n) is 9.41. The zero-order valence-electron chi connectivity index (χ0n) is 30.5. The van der Waals surface area contributed by atoms with Gasteiger partial charge in [0.15, 0.2) is 29.3 Å². The number of rotatable bonds is 12. The number of carboxylic acid groups (broad SMARTS) is 2. The molecular weight excluding hydrogens is 790 g/mol. The lowest BCUT2D eigenvalue weighted by Gasteiger charge is -2.35. The summed E-state index contributed by atoms with van der Waals surface area (Å²) in [6, 6.07) is 24.8. The van der Waals surface area contributed by atoms with E-state index < -0.39 is 47.5 Å². The number of nitrogens with one attached hydrogen (secondary N) is 1. The molecule has 0 spiro atoms. The van der Waals surface area contributed by atoms with Gasteiger partial charge < -0.3 is 35.2 Å². The molecule has 1 amide bonds. The van der Waals surface area contributed by atoms with Crippen molar-refractivity contribution in [2.75, 3.05) is 13.1 Å². The monoisotopic (exact) mass is 827 g/mol. The Balaban J connectivity index is 0.000000567. The average Bonchev–Trinajstić information content (AvgIpc) is 3.21. The molecule has 1 aliphatic rings. The third kappa shape index (κ3) is 10.9. The molecule has 2 unspecified atom stereocenters. The molecule has 1 aliphatic heterocycles. The summed E-state index contributed by atoms with van der Waals surface area (Å²) >= 11 is 1.16. The molecule has 0 bridgehead atoms. The number of hydrogen-bond donors (Lipinski definition) is 5. The van der Waals surface area contributed by atoms with Gasteiger partial charge in [0.1, 0.15) is 6.54 Å². The van der Waals surface area contributed by atoms with Crippen LogP contribution >= 0.6 is 11.8 Å². The second-order valence-electron chi connectivity index (χ2n) is 13.3. The van der Waals surface area contributed by atoms with Gasteiger partial charge in [-0.1, -0.05) is 60.7 Å². The molecule has 1 aromatic heterocycles. The van der Waals surface area contributed by atoms with Crippen LogP contribution in [0.1, 0.15) is 29.5 Å². The number of thioether (sulfide) groups is 1. The molecule has 6 rings (SSSR count). The number of carbonyl (C=O) groups excluding carboxylic acids is 1. The molecule has 5 aromatic rings. The largest absolute Gasteiger partial charge is 0.479 e. The van der Waals surface area contributed by atoms with E-state index in [1.807, 2.05) is 29.2 Å². The Morgan fingerprint density at radius 3 is 2.00 bits per heavy atom. The zero-order valence-corrected chi connectivity index (χ0v) is 31.4. The first kappa shape index (κ1) is 43.5. The molecular formula is C41H38F5N3O8S. The van der Waals surface area contributed by atoms with E-state index in [2.05, 4.69) is 5.32 Å². The van der Waals surface area contributed by atoms with E-state index in [0.717, 1.165) is 67.0 Å². The normalized spacial score (nSPS) is 14.3. The Bertz CT molecular complexity index is 2280. The number of nitrogens with zero attached hydrogens (tertiary/aromatic N) is 2. The van der Waals surface area contributed by atoms with Crippen LogP contribution in [0.2, 0.25) is 0 Å². The number of benzene rings is 4. The van der Waals surface area contributed by atoms with Crippen molar-refractivity contribution in [1.82, 2.24) is 14.8 Å². The van der Waals surface area contributed by atoms with Crippen LogP contribution in [0.5, 0.6) is 0 Å². The maximum Gasteiger partial charge on any atom is 0.416 e. The Morgan fingerprint density at radius 1 is 0.828 bits per heavy atom. The summed E-state index contributed by atoms with van der Waals surface area (Å²) in [5.74, 6) is -5.55. The number of aromatic nitrogens is 1. The molecule has 1 fully saturated rings. The van der Waals surface area contributed by atoms with Crippen LogP contribution in [0.25, 0.3) is 22.0 Å². The van der Waals surface area contributed by atoms with Crippen LogP contribution in [0, 0.1) is 11.6 Å². The van der Waals surface area contributed by atoms with Crippen LogP contribution in [0.4, 0.5) is 22.0 Å². The number of aliphatic hydroxyl groups excluding tert-OH is 2. The molecule has 0 saturated carbocycles. The predicted octanol–water partition coefficient (Wildman–Crippen LogP) is 5.92. The Hall–Kier alpha value is -5.62. The number of para-hydroxylation sites is 1. The Kier molecular flexibility index (Phi) is 14.4. The number of piperidine rings is 1. The zero-order chi connectivity index (χ0) is 42.1. The fraction of sp³-hybridized carbons (Fsp3) is 0.268. The molecule has 306 valence electrons. The van der Waals surface area contributed by atoms with E-state index in [1.54, 1.807) is 28.8 Å². The van der Waals surface area contributed by atoms with Crippen molar-refractivity contribution >= 4 is 40.5 Å². The minimum Gasteiger partial charge on any atom is -0.479 e. The Labute approximate surface area is 332 Å². The lowest BCUT2D eigenvalue weighted by molar-refractivity contribution is -0.165. The number of pyridine rings is 1. The fourth-order valence-corrected chi connectivity index (χ4v) is 7.32. The maximum atomic E-state index is 14.5. The highest BCUT2D eigenvalue weighted by Crippen LogP contribution is 2.32. The number of fused-ring (bicyclic) bond motifs is 1. The van der Waals surface area contributed by atoms with Crippen molar-refractivity contribution in [3.63, 3.8) is 0 Å². The minimum absolute atomic E-state index is 0.0449. The second-order valence-corrected chi connectivity index (χ2v) is 14.3. The van der Waals surface area contributed by atoms with E-state index in [0.29, 0.717) is 28.0 Å². The van der Waals surface area contributed by atoms with Gasteiger partial charge in [-0.25, -0.2) is 18.4 Å². The lowest BCUT2D eigenvalue weighted by atomic mass is 10.0. The fourth-order valence-electron chi connectivity index (χ4n) is 6.28. The summed E-state index contributed by atoms with van der Waals surface area (Å²) < 4.78 is 69.2. The van der Waals surface area contributed by atoms with E-state index in [9.17, 15) is 41.1 Å². The number of alkyl halides is 3.